The van der Waals surface area contributed by atoms with Gasteiger partial charge in [-0.25, -0.2) is 0 Å². The highest BCUT2D eigenvalue weighted by Gasteiger charge is 2.33. The molecule has 2 amide bonds. The predicted molar refractivity (Wildman–Crippen MR) is 96.0 cm³/mol. The Morgan fingerprint density at radius 3 is 2.38 bits per heavy atom. The van der Waals surface area contributed by atoms with Crippen molar-refractivity contribution in [3.8, 4) is 0 Å². The minimum absolute atomic E-state index is 0.0713. The van der Waals surface area contributed by atoms with Crippen LogP contribution in [0.25, 0.3) is 0 Å². The van der Waals surface area contributed by atoms with E-state index in [0.29, 0.717) is 11.7 Å². The monoisotopic (exact) mass is 352 g/mol. The zero-order valence-corrected chi connectivity index (χ0v) is 16.3. The van der Waals surface area contributed by atoms with E-state index in [-0.39, 0.29) is 23.1 Å². The standard InChI is InChI=1S/C17H28N4O2S/c1-16(2,3)13-19-20-15(24-13)18-12(22)11-8-7-9-21(10-11)14(23)17(4,5)6/h11H,7-10H2,1-6H3,(H,18,20,22). The molecule has 1 aromatic heterocycles. The van der Waals surface area contributed by atoms with Crippen molar-refractivity contribution in [3.63, 3.8) is 0 Å². The van der Waals surface area contributed by atoms with Crippen molar-refractivity contribution in [2.24, 2.45) is 11.3 Å². The van der Waals surface area contributed by atoms with Gasteiger partial charge in [0.2, 0.25) is 16.9 Å². The van der Waals surface area contributed by atoms with Crippen LogP contribution in [0.5, 0.6) is 0 Å². The Labute approximate surface area is 148 Å². The van der Waals surface area contributed by atoms with Crippen LogP contribution in [0.4, 0.5) is 5.13 Å². The van der Waals surface area contributed by atoms with Crippen LogP contribution < -0.4 is 5.32 Å². The molecule has 2 heterocycles. The first-order valence-corrected chi connectivity index (χ1v) is 9.24. The van der Waals surface area contributed by atoms with Crippen molar-refractivity contribution in [2.75, 3.05) is 18.4 Å². The summed E-state index contributed by atoms with van der Waals surface area (Å²) in [5, 5.41) is 12.5. The van der Waals surface area contributed by atoms with Gasteiger partial charge in [0.05, 0.1) is 5.92 Å². The first-order chi connectivity index (χ1) is 11.0. The van der Waals surface area contributed by atoms with Gasteiger partial charge in [0.1, 0.15) is 5.01 Å². The Bertz CT molecular complexity index is 613. The summed E-state index contributed by atoms with van der Waals surface area (Å²) in [4.78, 5) is 26.8. The minimum Gasteiger partial charge on any atom is -0.341 e. The number of carbonyl (C=O) groups is 2. The zero-order valence-electron chi connectivity index (χ0n) is 15.5. The number of carbonyl (C=O) groups excluding carboxylic acids is 2. The van der Waals surface area contributed by atoms with Crippen molar-refractivity contribution in [3.05, 3.63) is 5.01 Å². The van der Waals surface area contributed by atoms with Gasteiger partial charge in [-0.1, -0.05) is 52.9 Å². The Balaban J connectivity index is 1.99. The molecule has 1 aromatic rings. The quantitative estimate of drug-likeness (QED) is 0.887. The van der Waals surface area contributed by atoms with Crippen LogP contribution in [-0.4, -0.2) is 40.0 Å². The van der Waals surface area contributed by atoms with Gasteiger partial charge >= 0.3 is 0 Å². The number of nitrogens with zero attached hydrogens (tertiary/aromatic N) is 3. The first kappa shape index (κ1) is 18.8. The fourth-order valence-corrected chi connectivity index (χ4v) is 3.44. The first-order valence-electron chi connectivity index (χ1n) is 8.42. The lowest BCUT2D eigenvalue weighted by Crippen LogP contribution is -2.47. The summed E-state index contributed by atoms with van der Waals surface area (Å²) < 4.78 is 0. The van der Waals surface area contributed by atoms with Gasteiger partial charge in [0.25, 0.3) is 0 Å². The Kier molecular flexibility index (Phi) is 5.32. The lowest BCUT2D eigenvalue weighted by atomic mass is 9.91. The number of piperidine rings is 1. The summed E-state index contributed by atoms with van der Waals surface area (Å²) in [6.07, 6.45) is 1.65. The largest absolute Gasteiger partial charge is 0.341 e. The van der Waals surface area contributed by atoms with E-state index in [4.69, 9.17) is 0 Å². The van der Waals surface area contributed by atoms with Crippen molar-refractivity contribution in [1.29, 1.82) is 0 Å². The maximum absolute atomic E-state index is 12.5. The van der Waals surface area contributed by atoms with E-state index in [1.54, 1.807) is 0 Å². The second kappa shape index (κ2) is 6.78. The third-order valence-electron chi connectivity index (χ3n) is 4.02. The molecular weight excluding hydrogens is 324 g/mol. The molecular formula is C17H28N4O2S. The van der Waals surface area contributed by atoms with Gasteiger partial charge in [-0.3, -0.25) is 9.59 Å². The third kappa shape index (κ3) is 4.53. The molecule has 24 heavy (non-hydrogen) atoms. The number of hydrogen-bond donors (Lipinski definition) is 1. The molecule has 134 valence electrons. The summed E-state index contributed by atoms with van der Waals surface area (Å²) in [7, 11) is 0. The third-order valence-corrected chi connectivity index (χ3v) is 5.28. The highest BCUT2D eigenvalue weighted by Crippen LogP contribution is 2.29. The van der Waals surface area contributed by atoms with E-state index >= 15 is 0 Å². The van der Waals surface area contributed by atoms with Crippen molar-refractivity contribution in [1.82, 2.24) is 15.1 Å². The second-order valence-electron chi connectivity index (χ2n) is 8.49. The van der Waals surface area contributed by atoms with Crippen molar-refractivity contribution < 1.29 is 9.59 Å². The topological polar surface area (TPSA) is 75.2 Å². The van der Waals surface area contributed by atoms with E-state index in [1.807, 2.05) is 25.7 Å². The van der Waals surface area contributed by atoms with Crippen LogP contribution in [-0.2, 0) is 15.0 Å². The molecule has 1 aliphatic rings. The molecule has 1 atom stereocenters. The van der Waals surface area contributed by atoms with Crippen LogP contribution in [0.2, 0.25) is 0 Å². The van der Waals surface area contributed by atoms with Crippen molar-refractivity contribution >= 4 is 28.3 Å². The number of nitrogens with one attached hydrogen (secondary N) is 1. The maximum atomic E-state index is 12.5. The van der Waals surface area contributed by atoms with Crippen LogP contribution in [0, 0.1) is 11.3 Å². The van der Waals surface area contributed by atoms with Gasteiger partial charge in [0.15, 0.2) is 0 Å². The molecule has 0 saturated carbocycles. The molecule has 1 fully saturated rings. The zero-order chi connectivity index (χ0) is 18.1. The van der Waals surface area contributed by atoms with Gasteiger partial charge in [0, 0.05) is 23.9 Å². The highest BCUT2D eigenvalue weighted by atomic mass is 32.1. The molecule has 1 unspecified atom stereocenters. The summed E-state index contributed by atoms with van der Waals surface area (Å²) in [5.74, 6) is -0.156. The van der Waals surface area contributed by atoms with Crippen LogP contribution in [0.15, 0.2) is 0 Å². The number of aromatic nitrogens is 2. The second-order valence-corrected chi connectivity index (χ2v) is 9.47. The fraction of sp³-hybridized carbons (Fsp3) is 0.765. The van der Waals surface area contributed by atoms with Crippen LogP contribution >= 0.6 is 11.3 Å². The van der Waals surface area contributed by atoms with Crippen LogP contribution in [0.3, 0.4) is 0 Å². The molecule has 0 bridgehead atoms. The van der Waals surface area contributed by atoms with E-state index in [2.05, 4.69) is 36.3 Å². The fourth-order valence-electron chi connectivity index (χ4n) is 2.63. The number of hydrogen-bond acceptors (Lipinski definition) is 5. The normalized spacial score (nSPS) is 19.2. The predicted octanol–water partition coefficient (Wildman–Crippen LogP) is 3.06. The van der Waals surface area contributed by atoms with E-state index < -0.39 is 5.41 Å². The van der Waals surface area contributed by atoms with Gasteiger partial charge < -0.3 is 10.2 Å². The lowest BCUT2D eigenvalue weighted by Gasteiger charge is -2.35. The Morgan fingerprint density at radius 2 is 1.83 bits per heavy atom. The highest BCUT2D eigenvalue weighted by molar-refractivity contribution is 7.15. The number of likely N-dealkylation sites (tertiary alicyclic amines) is 1. The maximum Gasteiger partial charge on any atom is 0.231 e. The summed E-state index contributed by atoms with van der Waals surface area (Å²) in [6, 6.07) is 0. The lowest BCUT2D eigenvalue weighted by molar-refractivity contribution is -0.142. The molecule has 0 spiro atoms. The van der Waals surface area contributed by atoms with Gasteiger partial charge in [-0.2, -0.15) is 0 Å². The Hall–Kier alpha value is -1.50. The number of rotatable bonds is 2. The average Bonchev–Trinajstić information content (AvgIpc) is 2.94. The minimum atomic E-state index is -0.417. The molecule has 1 N–H and O–H groups in total. The molecule has 2 rings (SSSR count). The smallest absolute Gasteiger partial charge is 0.231 e. The molecule has 1 saturated heterocycles. The van der Waals surface area contributed by atoms with E-state index in [9.17, 15) is 9.59 Å². The summed E-state index contributed by atoms with van der Waals surface area (Å²) >= 11 is 1.41. The Morgan fingerprint density at radius 1 is 1.17 bits per heavy atom. The summed E-state index contributed by atoms with van der Waals surface area (Å²) in [5.41, 5.74) is -0.499. The SMILES string of the molecule is CC(C)(C)C(=O)N1CCCC(C(=O)Nc2nnc(C(C)(C)C)s2)C1. The van der Waals surface area contributed by atoms with Gasteiger partial charge in [-0.05, 0) is 12.8 Å². The van der Waals surface area contributed by atoms with Crippen molar-refractivity contribution in [2.45, 2.75) is 59.8 Å². The number of amides is 2. The van der Waals surface area contributed by atoms with E-state index in [1.165, 1.54) is 11.3 Å². The van der Waals surface area contributed by atoms with E-state index in [0.717, 1.165) is 24.4 Å². The molecule has 7 heteroatoms. The molecule has 6 nitrogen and oxygen atoms in total. The van der Waals surface area contributed by atoms with Crippen LogP contribution in [0.1, 0.15) is 59.4 Å². The summed E-state index contributed by atoms with van der Waals surface area (Å²) in [6.45, 7) is 13.1. The van der Waals surface area contributed by atoms with Gasteiger partial charge in [-0.15, -0.1) is 10.2 Å². The molecule has 0 radical (unpaired) electrons. The molecule has 1 aliphatic heterocycles. The number of anilines is 1. The molecule has 0 aliphatic carbocycles. The molecule has 0 aromatic carbocycles. The average molecular weight is 353 g/mol.